The van der Waals surface area contributed by atoms with Gasteiger partial charge in [-0.3, -0.25) is 4.90 Å². The number of ether oxygens (including phenoxy) is 2. The van der Waals surface area contributed by atoms with Crippen LogP contribution in [0.3, 0.4) is 0 Å². The lowest BCUT2D eigenvalue weighted by Crippen LogP contribution is -2.44. The Kier molecular flexibility index (Phi) is 11.1. The Morgan fingerprint density at radius 1 is 1.14 bits per heavy atom. The zero-order valence-corrected chi connectivity index (χ0v) is 14.3. The molecule has 0 N–H and O–H groups in total. The third-order valence-corrected chi connectivity index (χ3v) is 3.17. The first-order chi connectivity index (χ1) is 9.93. The summed E-state index contributed by atoms with van der Waals surface area (Å²) in [5, 5.41) is 0. The Morgan fingerprint density at radius 2 is 1.81 bits per heavy atom. The van der Waals surface area contributed by atoms with E-state index in [1.54, 1.807) is 7.05 Å². The van der Waals surface area contributed by atoms with Crippen molar-refractivity contribution < 1.29 is 19.1 Å². The van der Waals surface area contributed by atoms with Gasteiger partial charge in [0.15, 0.2) is 0 Å². The first-order valence-corrected chi connectivity index (χ1v) is 8.09. The van der Waals surface area contributed by atoms with Crippen LogP contribution in [0.5, 0.6) is 0 Å². The normalized spacial score (nSPS) is 12.1. The summed E-state index contributed by atoms with van der Waals surface area (Å²) in [6.45, 7) is 6.60. The molecule has 0 aliphatic carbocycles. The number of amides is 1. The lowest BCUT2D eigenvalue weighted by molar-refractivity contribution is -0.149. The number of nitrogens with zero attached hydrogens (tertiary/aromatic N) is 1. The lowest BCUT2D eigenvalue weighted by Gasteiger charge is -2.27. The third-order valence-electron chi connectivity index (χ3n) is 3.02. The monoisotopic (exact) mass is 321 g/mol. The number of carbonyl (C=O) groups is 2. The minimum absolute atomic E-state index is 0.130. The minimum atomic E-state index is -0.616. The maximum atomic E-state index is 12.2. The van der Waals surface area contributed by atoms with Crippen LogP contribution in [0.1, 0.15) is 46.5 Å². The van der Waals surface area contributed by atoms with E-state index >= 15 is 0 Å². The molecule has 0 spiro atoms. The van der Waals surface area contributed by atoms with E-state index in [4.69, 9.17) is 21.1 Å². The van der Waals surface area contributed by atoms with Crippen LogP contribution in [0.15, 0.2) is 0 Å². The molecule has 0 aliphatic heterocycles. The second-order valence-electron chi connectivity index (χ2n) is 5.43. The number of carbonyl (C=O) groups excluding carboxylic acids is 2. The molecule has 0 fully saturated rings. The van der Waals surface area contributed by atoms with E-state index in [2.05, 4.69) is 6.92 Å². The molecule has 0 aromatic heterocycles. The van der Waals surface area contributed by atoms with Crippen LogP contribution < -0.4 is 0 Å². The molecule has 0 rings (SSSR count). The van der Waals surface area contributed by atoms with Crippen molar-refractivity contribution in [3.63, 3.8) is 0 Å². The van der Waals surface area contributed by atoms with Gasteiger partial charge in [0.1, 0.15) is 12.6 Å². The fourth-order valence-electron chi connectivity index (χ4n) is 1.83. The highest BCUT2D eigenvalue weighted by Crippen LogP contribution is 2.13. The summed E-state index contributed by atoms with van der Waals surface area (Å²) in [7, 11) is 1.55. The van der Waals surface area contributed by atoms with E-state index in [1.807, 2.05) is 13.8 Å². The van der Waals surface area contributed by atoms with Gasteiger partial charge in [-0.2, -0.15) is 0 Å². The summed E-state index contributed by atoms with van der Waals surface area (Å²) in [5.41, 5.74) is 0. The van der Waals surface area contributed by atoms with Crippen LogP contribution in [0.4, 0.5) is 4.79 Å². The van der Waals surface area contributed by atoms with Gasteiger partial charge in [0.2, 0.25) is 0 Å². The topological polar surface area (TPSA) is 55.8 Å². The molecule has 21 heavy (non-hydrogen) atoms. The predicted molar refractivity (Wildman–Crippen MR) is 83.6 cm³/mol. The SMILES string of the molecule is CCCCCOC(=O)C(CC(C)C)N(C)C(=O)OCCCl. The Bertz CT molecular complexity index is 310. The van der Waals surface area contributed by atoms with Crippen molar-refractivity contribution >= 4 is 23.7 Å². The fraction of sp³-hybridized carbons (Fsp3) is 0.867. The average Bonchev–Trinajstić information content (AvgIpc) is 2.45. The van der Waals surface area contributed by atoms with Gasteiger partial charge in [-0.25, -0.2) is 9.59 Å². The lowest BCUT2D eigenvalue weighted by atomic mass is 10.0. The van der Waals surface area contributed by atoms with Crippen molar-refractivity contribution in [1.82, 2.24) is 4.90 Å². The summed E-state index contributed by atoms with van der Waals surface area (Å²) >= 11 is 5.49. The van der Waals surface area contributed by atoms with Gasteiger partial charge in [0, 0.05) is 7.05 Å². The number of hydrogen-bond acceptors (Lipinski definition) is 4. The van der Waals surface area contributed by atoms with Crippen molar-refractivity contribution in [3.05, 3.63) is 0 Å². The Labute approximate surface area is 132 Å². The summed E-state index contributed by atoms with van der Waals surface area (Å²) < 4.78 is 10.2. The Morgan fingerprint density at radius 3 is 2.33 bits per heavy atom. The van der Waals surface area contributed by atoms with E-state index in [0.29, 0.717) is 13.0 Å². The van der Waals surface area contributed by atoms with E-state index in [9.17, 15) is 9.59 Å². The van der Waals surface area contributed by atoms with Crippen LogP contribution in [0.25, 0.3) is 0 Å². The highest BCUT2D eigenvalue weighted by Gasteiger charge is 2.29. The van der Waals surface area contributed by atoms with E-state index < -0.39 is 12.1 Å². The molecule has 0 heterocycles. The van der Waals surface area contributed by atoms with E-state index in [-0.39, 0.29) is 24.4 Å². The van der Waals surface area contributed by atoms with Crippen molar-refractivity contribution in [3.8, 4) is 0 Å². The number of rotatable bonds is 10. The third kappa shape index (κ3) is 8.81. The molecule has 5 nitrogen and oxygen atoms in total. The van der Waals surface area contributed by atoms with Gasteiger partial charge in [-0.05, 0) is 18.8 Å². The smallest absolute Gasteiger partial charge is 0.410 e. The minimum Gasteiger partial charge on any atom is -0.464 e. The molecular weight excluding hydrogens is 294 g/mol. The van der Waals surface area contributed by atoms with Crippen molar-refractivity contribution in [2.45, 2.75) is 52.5 Å². The van der Waals surface area contributed by atoms with Gasteiger partial charge in [-0.15, -0.1) is 11.6 Å². The van der Waals surface area contributed by atoms with Crippen LogP contribution >= 0.6 is 11.6 Å². The van der Waals surface area contributed by atoms with Gasteiger partial charge < -0.3 is 9.47 Å². The van der Waals surface area contributed by atoms with Crippen molar-refractivity contribution in [2.24, 2.45) is 5.92 Å². The van der Waals surface area contributed by atoms with Gasteiger partial charge in [-0.1, -0.05) is 33.6 Å². The maximum absolute atomic E-state index is 12.2. The number of alkyl halides is 1. The molecule has 124 valence electrons. The second kappa shape index (κ2) is 11.7. The first-order valence-electron chi connectivity index (χ1n) is 7.56. The highest BCUT2D eigenvalue weighted by atomic mass is 35.5. The molecule has 0 aliphatic rings. The molecule has 0 saturated heterocycles. The number of unbranched alkanes of at least 4 members (excludes halogenated alkanes) is 2. The molecule has 0 bridgehead atoms. The standard InChI is InChI=1S/C15H28ClNO4/c1-5-6-7-9-20-14(18)13(11-12(2)3)17(4)15(19)21-10-8-16/h12-13H,5-11H2,1-4H3. The molecule has 1 unspecified atom stereocenters. The van der Waals surface area contributed by atoms with Crippen LogP contribution in [0.2, 0.25) is 0 Å². The average molecular weight is 322 g/mol. The quantitative estimate of drug-likeness (QED) is 0.351. The molecule has 0 aromatic carbocycles. The van der Waals surface area contributed by atoms with Gasteiger partial charge in [0.25, 0.3) is 0 Å². The first kappa shape index (κ1) is 20.0. The largest absolute Gasteiger partial charge is 0.464 e. The molecule has 0 radical (unpaired) electrons. The maximum Gasteiger partial charge on any atom is 0.410 e. The van der Waals surface area contributed by atoms with E-state index in [1.165, 1.54) is 4.90 Å². The molecule has 0 saturated carbocycles. The summed E-state index contributed by atoms with van der Waals surface area (Å²) in [6, 6.07) is -0.616. The molecule has 0 aromatic rings. The van der Waals surface area contributed by atoms with Crippen molar-refractivity contribution in [1.29, 1.82) is 0 Å². The molecule has 6 heteroatoms. The predicted octanol–water partition coefficient (Wildman–Crippen LogP) is 3.44. The van der Waals surface area contributed by atoms with E-state index in [0.717, 1.165) is 19.3 Å². The van der Waals surface area contributed by atoms with Crippen LogP contribution in [-0.2, 0) is 14.3 Å². The van der Waals surface area contributed by atoms with Gasteiger partial charge >= 0.3 is 12.1 Å². The zero-order valence-electron chi connectivity index (χ0n) is 13.6. The summed E-state index contributed by atoms with van der Waals surface area (Å²) in [6.07, 6.45) is 2.93. The number of halogens is 1. The van der Waals surface area contributed by atoms with Crippen LogP contribution in [-0.4, -0.2) is 49.1 Å². The summed E-state index contributed by atoms with van der Waals surface area (Å²) in [5.74, 6) is 0.127. The molecule has 1 atom stereocenters. The second-order valence-corrected chi connectivity index (χ2v) is 5.81. The summed E-state index contributed by atoms with van der Waals surface area (Å²) in [4.78, 5) is 25.3. The number of esters is 1. The number of likely N-dealkylation sites (N-methyl/N-ethyl adjacent to an activating group) is 1. The Hall–Kier alpha value is -0.970. The number of hydrogen-bond donors (Lipinski definition) is 0. The van der Waals surface area contributed by atoms with Crippen molar-refractivity contribution in [2.75, 3.05) is 26.1 Å². The fourth-order valence-corrected chi connectivity index (χ4v) is 1.91. The Balaban J connectivity index is 4.54. The van der Waals surface area contributed by atoms with Gasteiger partial charge in [0.05, 0.1) is 12.5 Å². The molecule has 1 amide bonds. The zero-order chi connectivity index (χ0) is 16.3. The molecular formula is C15H28ClNO4. The highest BCUT2D eigenvalue weighted by molar-refractivity contribution is 6.18. The van der Waals surface area contributed by atoms with Crippen LogP contribution in [0, 0.1) is 5.92 Å².